The summed E-state index contributed by atoms with van der Waals surface area (Å²) in [6.45, 7) is 0. The average molecular weight is 407 g/mol. The molecule has 0 unspecified atom stereocenters. The highest BCUT2D eigenvalue weighted by molar-refractivity contribution is 9.10. The minimum Gasteiger partial charge on any atom is -0.492 e. The maximum Gasteiger partial charge on any atom is 0.279 e. The van der Waals surface area contributed by atoms with Gasteiger partial charge < -0.3 is 10.4 Å². The molecule has 9 heteroatoms. The fourth-order valence-corrected chi connectivity index (χ4v) is 4.07. The van der Waals surface area contributed by atoms with Crippen LogP contribution >= 0.6 is 38.6 Å². The Labute approximate surface area is 146 Å². The largest absolute Gasteiger partial charge is 0.492 e. The van der Waals surface area contributed by atoms with E-state index in [2.05, 4.69) is 36.2 Å². The van der Waals surface area contributed by atoms with Crippen molar-refractivity contribution >= 4 is 60.3 Å². The van der Waals surface area contributed by atoms with E-state index in [0.717, 1.165) is 4.47 Å². The molecule has 0 radical (unpaired) electrons. The number of hydrogen-bond donors (Lipinski definition) is 2. The van der Waals surface area contributed by atoms with Gasteiger partial charge in [0.1, 0.15) is 4.88 Å². The molecule has 2 aromatic heterocycles. The summed E-state index contributed by atoms with van der Waals surface area (Å²) in [6, 6.07) is 5.39. The third kappa shape index (κ3) is 2.56. The number of anilines is 2. The van der Waals surface area contributed by atoms with E-state index < -0.39 is 0 Å². The van der Waals surface area contributed by atoms with Crippen LogP contribution in [0.25, 0.3) is 5.57 Å². The number of aromatic hydroxyl groups is 1. The highest BCUT2D eigenvalue weighted by Gasteiger charge is 2.25. The molecule has 0 saturated heterocycles. The highest BCUT2D eigenvalue weighted by atomic mass is 79.9. The second-order valence-electron chi connectivity index (χ2n) is 4.59. The molecule has 0 fully saturated rings. The molecule has 6 nitrogen and oxygen atoms in total. The molecule has 0 spiro atoms. The molecular weight excluding hydrogens is 400 g/mol. The van der Waals surface area contributed by atoms with Gasteiger partial charge in [0.15, 0.2) is 10.3 Å². The van der Waals surface area contributed by atoms with Crippen LogP contribution in [0.1, 0.15) is 4.88 Å². The van der Waals surface area contributed by atoms with Crippen molar-refractivity contribution in [1.82, 2.24) is 9.97 Å². The summed E-state index contributed by atoms with van der Waals surface area (Å²) in [4.78, 5) is 24.8. The first-order valence-electron chi connectivity index (χ1n) is 6.41. The summed E-state index contributed by atoms with van der Waals surface area (Å²) in [5.41, 5.74) is 0.364. The molecule has 3 aromatic rings. The van der Waals surface area contributed by atoms with Crippen LogP contribution in [-0.4, -0.2) is 21.0 Å². The Bertz CT molecular complexity index is 1040. The van der Waals surface area contributed by atoms with Gasteiger partial charge in [-0.2, -0.15) is 4.98 Å². The zero-order chi connectivity index (χ0) is 16.0. The van der Waals surface area contributed by atoms with E-state index in [-0.39, 0.29) is 11.8 Å². The predicted octanol–water partition coefficient (Wildman–Crippen LogP) is 2.17. The number of nitrogens with zero attached hydrogens (tertiary/aromatic N) is 3. The lowest BCUT2D eigenvalue weighted by molar-refractivity contribution is -0.112. The molecule has 0 saturated carbocycles. The second-order valence-corrected chi connectivity index (χ2v) is 7.40. The number of thiazole rings is 2. The predicted molar refractivity (Wildman–Crippen MR) is 91.6 cm³/mol. The van der Waals surface area contributed by atoms with E-state index in [4.69, 9.17) is 0 Å². The Morgan fingerprint density at radius 1 is 1.26 bits per heavy atom. The van der Waals surface area contributed by atoms with Crippen molar-refractivity contribution in [1.29, 1.82) is 0 Å². The summed E-state index contributed by atoms with van der Waals surface area (Å²) < 4.78 is 0.837. The van der Waals surface area contributed by atoms with E-state index in [1.165, 1.54) is 22.7 Å². The number of hydrogen-bond acceptors (Lipinski definition) is 7. The molecule has 0 aliphatic carbocycles. The van der Waals surface area contributed by atoms with Crippen LogP contribution < -0.4 is 15.9 Å². The molecule has 2 N–H and O–H groups in total. The average Bonchev–Trinajstić information content (AvgIpc) is 3.19. The Hall–Kier alpha value is -2.10. The number of halogens is 1. The number of benzene rings is 1. The van der Waals surface area contributed by atoms with E-state index >= 15 is 0 Å². The number of carbonyl (C=O) groups excluding carboxylic acids is 1. The third-order valence-electron chi connectivity index (χ3n) is 3.15. The maximum atomic E-state index is 12.2. The number of carbonyl (C=O) groups is 1. The van der Waals surface area contributed by atoms with Crippen LogP contribution in [0, 0.1) is 0 Å². The van der Waals surface area contributed by atoms with Crippen LogP contribution in [0.5, 0.6) is 5.88 Å². The van der Waals surface area contributed by atoms with E-state index in [9.17, 15) is 9.90 Å². The standard InChI is InChI=1S/C14H7BrN4O2S2/c15-6-1-2-8-7(5-6)9(11(20)17-8)10-12(21)18-14(23-10)19-13-16-3-4-22-13/h1-5,21H,(H,16,18,19). The van der Waals surface area contributed by atoms with Gasteiger partial charge in [0.05, 0.1) is 10.9 Å². The second kappa shape index (κ2) is 5.52. The van der Waals surface area contributed by atoms with Crippen molar-refractivity contribution in [2.45, 2.75) is 0 Å². The van der Waals surface area contributed by atoms with Gasteiger partial charge in [-0.05, 0) is 18.2 Å². The minimum absolute atomic E-state index is 0.194. The van der Waals surface area contributed by atoms with Crippen molar-refractivity contribution in [2.24, 2.45) is 4.99 Å². The molecule has 0 atom stereocenters. The Morgan fingerprint density at radius 2 is 2.13 bits per heavy atom. The van der Waals surface area contributed by atoms with Crippen molar-refractivity contribution in [3.05, 3.63) is 49.7 Å². The third-order valence-corrected chi connectivity index (χ3v) is 5.31. The topological polar surface area (TPSA) is 87.5 Å². The van der Waals surface area contributed by atoms with Gasteiger partial charge in [-0.1, -0.05) is 27.3 Å². The molecule has 1 aromatic carbocycles. The maximum absolute atomic E-state index is 12.2. The first-order valence-corrected chi connectivity index (χ1v) is 8.90. The van der Waals surface area contributed by atoms with Crippen molar-refractivity contribution in [3.63, 3.8) is 0 Å². The summed E-state index contributed by atoms with van der Waals surface area (Å²) >= 11 is 6.00. The molecule has 23 heavy (non-hydrogen) atoms. The lowest BCUT2D eigenvalue weighted by Crippen LogP contribution is -2.22. The van der Waals surface area contributed by atoms with Gasteiger partial charge in [0.25, 0.3) is 5.91 Å². The first-order chi connectivity index (χ1) is 11.1. The monoisotopic (exact) mass is 406 g/mol. The van der Waals surface area contributed by atoms with Crippen LogP contribution in [-0.2, 0) is 4.79 Å². The van der Waals surface area contributed by atoms with Gasteiger partial charge in [0.2, 0.25) is 5.88 Å². The summed E-state index contributed by atoms with van der Waals surface area (Å²) in [5, 5.41) is 17.4. The van der Waals surface area contributed by atoms with Gasteiger partial charge in [-0.3, -0.25) is 4.79 Å². The van der Waals surface area contributed by atoms with Crippen LogP contribution in [0.2, 0.25) is 0 Å². The van der Waals surface area contributed by atoms with Crippen LogP contribution in [0.15, 0.2) is 39.2 Å². The highest BCUT2D eigenvalue weighted by Crippen LogP contribution is 2.35. The van der Waals surface area contributed by atoms with E-state index in [1.54, 1.807) is 12.3 Å². The van der Waals surface area contributed by atoms with Crippen molar-refractivity contribution in [2.75, 3.05) is 5.32 Å². The van der Waals surface area contributed by atoms with Crippen molar-refractivity contribution < 1.29 is 9.90 Å². The Morgan fingerprint density at radius 3 is 2.91 bits per heavy atom. The number of amides is 1. The fraction of sp³-hybridized carbons (Fsp3) is 0. The number of fused-ring (bicyclic) bond motifs is 1. The molecular formula is C14H7BrN4O2S2. The van der Waals surface area contributed by atoms with Crippen LogP contribution in [0.4, 0.5) is 10.3 Å². The molecule has 1 amide bonds. The molecule has 3 heterocycles. The number of rotatable bonds is 3. The van der Waals surface area contributed by atoms with Gasteiger partial charge >= 0.3 is 0 Å². The number of nitrogens with one attached hydrogen (secondary N) is 1. The molecule has 4 rings (SSSR count). The molecule has 0 bridgehead atoms. The fourth-order valence-electron chi connectivity index (χ4n) is 2.21. The zero-order valence-electron chi connectivity index (χ0n) is 11.3. The summed E-state index contributed by atoms with van der Waals surface area (Å²) in [6.07, 6.45) is 1.67. The lowest BCUT2D eigenvalue weighted by Gasteiger charge is -1.96. The minimum atomic E-state index is -0.377. The smallest absolute Gasteiger partial charge is 0.279 e. The molecule has 1 aliphatic rings. The normalized spacial score (nSPS) is 13.1. The van der Waals surface area contributed by atoms with Gasteiger partial charge in [0, 0.05) is 21.3 Å². The van der Waals surface area contributed by atoms with Crippen molar-refractivity contribution in [3.8, 4) is 5.88 Å². The summed E-state index contributed by atoms with van der Waals surface area (Å²) in [7, 11) is 0. The summed E-state index contributed by atoms with van der Waals surface area (Å²) in [5.74, 6) is -0.571. The lowest BCUT2D eigenvalue weighted by atomic mass is 10.1. The van der Waals surface area contributed by atoms with Crippen LogP contribution in [0.3, 0.4) is 0 Å². The SMILES string of the molecule is O=C1N=c2ccc(Br)cc2=C1c1sc(Nc2nccs2)nc1O. The van der Waals surface area contributed by atoms with E-state index in [1.807, 2.05) is 17.5 Å². The number of aromatic nitrogens is 2. The zero-order valence-corrected chi connectivity index (χ0v) is 14.5. The van der Waals surface area contributed by atoms with Gasteiger partial charge in [-0.25, -0.2) is 9.98 Å². The van der Waals surface area contributed by atoms with Gasteiger partial charge in [-0.15, -0.1) is 11.3 Å². The molecule has 114 valence electrons. The Balaban J connectivity index is 1.85. The first kappa shape index (κ1) is 14.5. The Kier molecular flexibility index (Phi) is 3.47. The molecule has 1 aliphatic heterocycles. The van der Waals surface area contributed by atoms with E-state index in [0.29, 0.717) is 31.3 Å². The quantitative estimate of drug-likeness (QED) is 0.695.